The Kier molecular flexibility index (Phi) is 3.64. The van der Waals surface area contributed by atoms with E-state index in [2.05, 4.69) is 10.6 Å². The molecule has 106 valence electrons. The van der Waals surface area contributed by atoms with E-state index in [1.165, 1.54) is 12.8 Å². The van der Waals surface area contributed by atoms with E-state index in [0.29, 0.717) is 12.5 Å². The Morgan fingerprint density at radius 3 is 2.26 bits per heavy atom. The van der Waals surface area contributed by atoms with Crippen LogP contribution in [0.25, 0.3) is 0 Å². The minimum Gasteiger partial charge on any atom is -0.481 e. The van der Waals surface area contributed by atoms with Gasteiger partial charge < -0.3 is 20.8 Å². The van der Waals surface area contributed by atoms with Crippen LogP contribution in [0.15, 0.2) is 0 Å². The first-order chi connectivity index (χ1) is 8.93. The number of hydrogen-bond donors (Lipinski definition) is 4. The molecule has 0 aliphatic heterocycles. The third-order valence-corrected chi connectivity index (χ3v) is 3.92. The van der Waals surface area contributed by atoms with Crippen molar-refractivity contribution in [3.8, 4) is 0 Å². The molecule has 2 rings (SSSR count). The Balaban J connectivity index is 1.76. The molecule has 0 spiro atoms. The van der Waals surface area contributed by atoms with Crippen LogP contribution in [0.1, 0.15) is 32.1 Å². The van der Waals surface area contributed by atoms with Gasteiger partial charge in [0.15, 0.2) is 0 Å². The number of aliphatic carboxylic acids is 2. The standard InChI is InChI=1S/C12H18N2O5/c15-9(16)5-8(10(17)18)14-11(19)13-6-12(3-4-12)7-1-2-7/h7-8H,1-6H2,(H,15,16)(H,17,18)(H2,13,14,19). The van der Waals surface area contributed by atoms with Gasteiger partial charge in [0.05, 0.1) is 6.42 Å². The van der Waals surface area contributed by atoms with Crippen LogP contribution in [-0.2, 0) is 9.59 Å². The summed E-state index contributed by atoms with van der Waals surface area (Å²) in [5.41, 5.74) is 0.225. The van der Waals surface area contributed by atoms with Gasteiger partial charge in [0.25, 0.3) is 0 Å². The first-order valence-electron chi connectivity index (χ1n) is 6.42. The summed E-state index contributed by atoms with van der Waals surface area (Å²) in [7, 11) is 0. The van der Waals surface area contributed by atoms with Crippen LogP contribution in [0, 0.1) is 11.3 Å². The molecule has 1 atom stereocenters. The van der Waals surface area contributed by atoms with Gasteiger partial charge >= 0.3 is 18.0 Å². The van der Waals surface area contributed by atoms with Gasteiger partial charge in [-0.05, 0) is 37.0 Å². The van der Waals surface area contributed by atoms with Gasteiger partial charge in [0.1, 0.15) is 6.04 Å². The fraction of sp³-hybridized carbons (Fsp3) is 0.750. The summed E-state index contributed by atoms with van der Waals surface area (Å²) < 4.78 is 0. The van der Waals surface area contributed by atoms with Crippen LogP contribution >= 0.6 is 0 Å². The average molecular weight is 270 g/mol. The lowest BCUT2D eigenvalue weighted by atomic mass is 10.0. The molecule has 0 aromatic heterocycles. The molecular weight excluding hydrogens is 252 g/mol. The first kappa shape index (κ1) is 13.6. The number of carbonyl (C=O) groups is 3. The predicted octanol–water partition coefficient (Wildman–Crippen LogP) is 0.404. The first-order valence-corrected chi connectivity index (χ1v) is 6.42. The lowest BCUT2D eigenvalue weighted by Gasteiger charge is -2.17. The van der Waals surface area contributed by atoms with Crippen LogP contribution in [0.4, 0.5) is 4.79 Å². The average Bonchev–Trinajstić information content (AvgIpc) is 3.15. The number of hydrogen-bond acceptors (Lipinski definition) is 3. The van der Waals surface area contributed by atoms with E-state index in [1.807, 2.05) is 0 Å². The molecule has 0 aromatic rings. The minimum atomic E-state index is -1.39. The highest BCUT2D eigenvalue weighted by molar-refractivity contribution is 5.86. The number of rotatable bonds is 7. The molecule has 0 bridgehead atoms. The largest absolute Gasteiger partial charge is 0.481 e. The van der Waals surface area contributed by atoms with Gasteiger partial charge in [-0.1, -0.05) is 0 Å². The van der Waals surface area contributed by atoms with E-state index in [1.54, 1.807) is 0 Å². The van der Waals surface area contributed by atoms with Crippen molar-refractivity contribution in [1.82, 2.24) is 10.6 Å². The fourth-order valence-corrected chi connectivity index (χ4v) is 2.43. The predicted molar refractivity (Wildman–Crippen MR) is 64.6 cm³/mol. The molecule has 7 nitrogen and oxygen atoms in total. The van der Waals surface area contributed by atoms with Crippen LogP contribution in [0.5, 0.6) is 0 Å². The van der Waals surface area contributed by atoms with Gasteiger partial charge in [-0.25, -0.2) is 9.59 Å². The Morgan fingerprint density at radius 1 is 1.21 bits per heavy atom. The van der Waals surface area contributed by atoms with Gasteiger partial charge in [0, 0.05) is 6.54 Å². The molecule has 19 heavy (non-hydrogen) atoms. The molecule has 2 fully saturated rings. The molecule has 2 aliphatic carbocycles. The number of carbonyl (C=O) groups excluding carboxylic acids is 1. The lowest BCUT2D eigenvalue weighted by molar-refractivity contribution is -0.145. The molecule has 0 aromatic carbocycles. The van der Waals surface area contributed by atoms with Crippen LogP contribution in [0.3, 0.4) is 0 Å². The Morgan fingerprint density at radius 2 is 1.84 bits per heavy atom. The number of carboxylic acid groups (broad SMARTS) is 2. The number of amides is 2. The monoisotopic (exact) mass is 270 g/mol. The summed E-state index contributed by atoms with van der Waals surface area (Å²) in [6.45, 7) is 0.545. The molecule has 2 saturated carbocycles. The quantitative estimate of drug-likeness (QED) is 0.534. The fourth-order valence-electron chi connectivity index (χ4n) is 2.43. The van der Waals surface area contributed by atoms with E-state index < -0.39 is 30.4 Å². The van der Waals surface area contributed by atoms with Crippen LogP contribution < -0.4 is 10.6 Å². The lowest BCUT2D eigenvalue weighted by Crippen LogP contribution is -2.48. The van der Waals surface area contributed by atoms with E-state index in [0.717, 1.165) is 12.8 Å². The van der Waals surface area contributed by atoms with Gasteiger partial charge in [-0.15, -0.1) is 0 Å². The summed E-state index contributed by atoms with van der Waals surface area (Å²) in [5.74, 6) is -1.91. The summed E-state index contributed by atoms with van der Waals surface area (Å²) >= 11 is 0. The Hall–Kier alpha value is -1.79. The van der Waals surface area contributed by atoms with Crippen LogP contribution in [0.2, 0.25) is 0 Å². The van der Waals surface area contributed by atoms with Gasteiger partial charge in [-0.3, -0.25) is 4.79 Å². The summed E-state index contributed by atoms with van der Waals surface area (Å²) in [6.07, 6.45) is 4.00. The Bertz CT molecular complexity index is 401. The maximum absolute atomic E-state index is 11.6. The number of carboxylic acids is 2. The van der Waals surface area contributed by atoms with Crippen molar-refractivity contribution in [3.05, 3.63) is 0 Å². The molecule has 7 heteroatoms. The molecular formula is C12H18N2O5. The van der Waals surface area contributed by atoms with Gasteiger partial charge in [0.2, 0.25) is 0 Å². The molecule has 1 unspecified atom stereocenters. The van der Waals surface area contributed by atoms with Crippen molar-refractivity contribution in [1.29, 1.82) is 0 Å². The zero-order valence-corrected chi connectivity index (χ0v) is 10.5. The van der Waals surface area contributed by atoms with Crippen molar-refractivity contribution >= 4 is 18.0 Å². The highest BCUT2D eigenvalue weighted by Gasteiger charge is 2.53. The topological polar surface area (TPSA) is 116 Å². The zero-order valence-electron chi connectivity index (χ0n) is 10.5. The number of urea groups is 1. The van der Waals surface area contributed by atoms with E-state index in [9.17, 15) is 14.4 Å². The van der Waals surface area contributed by atoms with Crippen molar-refractivity contribution in [2.24, 2.45) is 11.3 Å². The third-order valence-electron chi connectivity index (χ3n) is 3.92. The molecule has 0 saturated heterocycles. The molecule has 0 heterocycles. The summed E-state index contributed by atoms with van der Waals surface area (Å²) in [4.78, 5) is 32.9. The van der Waals surface area contributed by atoms with E-state index >= 15 is 0 Å². The molecule has 4 N–H and O–H groups in total. The third kappa shape index (κ3) is 3.59. The molecule has 0 radical (unpaired) electrons. The normalized spacial score (nSPS) is 21.3. The summed E-state index contributed by atoms with van der Waals surface area (Å²) in [5, 5.41) is 22.2. The molecule has 2 amide bonds. The van der Waals surface area contributed by atoms with Crippen molar-refractivity contribution in [3.63, 3.8) is 0 Å². The second kappa shape index (κ2) is 5.07. The highest BCUT2D eigenvalue weighted by atomic mass is 16.4. The summed E-state index contributed by atoms with van der Waals surface area (Å²) in [6, 6.07) is -2.01. The number of nitrogens with one attached hydrogen (secondary N) is 2. The van der Waals surface area contributed by atoms with Crippen molar-refractivity contribution in [2.75, 3.05) is 6.54 Å². The smallest absolute Gasteiger partial charge is 0.326 e. The maximum atomic E-state index is 11.6. The van der Waals surface area contributed by atoms with Crippen molar-refractivity contribution < 1.29 is 24.6 Å². The maximum Gasteiger partial charge on any atom is 0.326 e. The van der Waals surface area contributed by atoms with E-state index in [-0.39, 0.29) is 5.41 Å². The highest BCUT2D eigenvalue weighted by Crippen LogP contribution is 2.60. The second-order valence-electron chi connectivity index (χ2n) is 5.45. The molecule has 2 aliphatic rings. The SMILES string of the molecule is O=C(O)CC(NC(=O)NCC1(C2CC2)CC1)C(=O)O. The second-order valence-corrected chi connectivity index (χ2v) is 5.45. The zero-order chi connectivity index (χ0) is 14.0. The van der Waals surface area contributed by atoms with Crippen molar-refractivity contribution in [2.45, 2.75) is 38.1 Å². The van der Waals surface area contributed by atoms with Gasteiger partial charge in [-0.2, -0.15) is 0 Å². The van der Waals surface area contributed by atoms with E-state index in [4.69, 9.17) is 10.2 Å². The van der Waals surface area contributed by atoms with Crippen LogP contribution in [-0.4, -0.2) is 40.8 Å². The Labute approximate surface area is 110 Å². The minimum absolute atomic E-state index is 0.225.